The van der Waals surface area contributed by atoms with E-state index in [0.29, 0.717) is 0 Å². The van der Waals surface area contributed by atoms with Crippen molar-refractivity contribution in [2.45, 2.75) is 57.3 Å². The van der Waals surface area contributed by atoms with Crippen LogP contribution < -0.4 is 0 Å². The lowest BCUT2D eigenvalue weighted by atomic mass is 9.46. The van der Waals surface area contributed by atoms with Gasteiger partial charge < -0.3 is 20.4 Å². The first-order valence-electron chi connectivity index (χ1n) is 9.76. The summed E-state index contributed by atoms with van der Waals surface area (Å²) in [5, 5.41) is 42.3. The third kappa shape index (κ3) is 2.21. The lowest BCUT2D eigenvalue weighted by Crippen LogP contribution is -2.63. The normalized spacial score (nSPS) is 51.3. The molecule has 3 saturated carbocycles. The van der Waals surface area contributed by atoms with Crippen molar-refractivity contribution in [3.63, 3.8) is 0 Å². The third-order valence-electron chi connectivity index (χ3n) is 8.28. The van der Waals surface area contributed by atoms with Crippen LogP contribution in [0.15, 0.2) is 23.8 Å². The van der Waals surface area contributed by atoms with Crippen molar-refractivity contribution < 1.29 is 30.0 Å². The van der Waals surface area contributed by atoms with Gasteiger partial charge in [0.1, 0.15) is 6.61 Å². The molecule has 4 aliphatic rings. The van der Waals surface area contributed by atoms with E-state index in [-0.39, 0.29) is 36.4 Å². The highest BCUT2D eigenvalue weighted by molar-refractivity contribution is 6.01. The molecular weight excluding hydrogens is 348 g/mol. The lowest BCUT2D eigenvalue weighted by molar-refractivity contribution is -0.190. The number of Topliss-reactive ketones (excluding diaryl/α,β-unsaturated/α-hetero) is 1. The molecule has 0 aromatic heterocycles. The fourth-order valence-corrected chi connectivity index (χ4v) is 6.96. The van der Waals surface area contributed by atoms with Crippen molar-refractivity contribution in [3.8, 4) is 0 Å². The number of hydrogen-bond acceptors (Lipinski definition) is 6. The number of carbonyl (C=O) groups is 2. The van der Waals surface area contributed by atoms with Crippen molar-refractivity contribution in [1.29, 1.82) is 0 Å². The zero-order valence-corrected chi connectivity index (χ0v) is 15.8. The Morgan fingerprint density at radius 2 is 2.00 bits per heavy atom. The molecule has 0 aromatic rings. The van der Waals surface area contributed by atoms with E-state index < -0.39 is 41.0 Å². The summed E-state index contributed by atoms with van der Waals surface area (Å²) < 4.78 is 0. The molecule has 0 radical (unpaired) electrons. The van der Waals surface area contributed by atoms with E-state index in [2.05, 4.69) is 0 Å². The highest BCUT2D eigenvalue weighted by Gasteiger charge is 2.71. The van der Waals surface area contributed by atoms with Crippen LogP contribution in [-0.2, 0) is 9.59 Å². The standard InChI is InChI=1S/C21H28O6/c1-19-6-5-12(23)7-11(19)3-4-13-14-8-16(25)21(27,17(26)10-22)20(14,2)9-15(24)18(13)19/h5-7,13-16,18,22,24-25,27H,3-4,8-10H2,1-2H3/t13-,14+,15+,16-,18+,19+,20+,21-/m1/s1. The molecule has 4 aliphatic carbocycles. The molecule has 6 nitrogen and oxygen atoms in total. The third-order valence-corrected chi connectivity index (χ3v) is 8.28. The molecule has 0 amide bonds. The lowest BCUT2D eigenvalue weighted by Gasteiger charge is -2.59. The van der Waals surface area contributed by atoms with Crippen LogP contribution in [0.5, 0.6) is 0 Å². The smallest absolute Gasteiger partial charge is 0.192 e. The molecule has 0 heterocycles. The summed E-state index contributed by atoms with van der Waals surface area (Å²) in [5.41, 5.74) is -2.46. The maximum absolute atomic E-state index is 12.4. The molecule has 27 heavy (non-hydrogen) atoms. The van der Waals surface area contributed by atoms with Gasteiger partial charge in [-0.2, -0.15) is 0 Å². The number of rotatable bonds is 2. The van der Waals surface area contributed by atoms with E-state index in [1.54, 1.807) is 19.1 Å². The minimum absolute atomic E-state index is 0.00826. The molecule has 8 atom stereocenters. The maximum Gasteiger partial charge on any atom is 0.192 e. The van der Waals surface area contributed by atoms with Crippen LogP contribution in [0.4, 0.5) is 0 Å². The SMILES string of the molecule is C[C@]12C=CC(=O)C=C1CC[C@H]1[C@H]2[C@@H](O)C[C@@]2(C)[C@H]1C[C@@H](O)[C@@]2(O)C(=O)CO. The quantitative estimate of drug-likeness (QED) is 0.559. The second-order valence-electron chi connectivity index (χ2n) is 9.31. The Morgan fingerprint density at radius 3 is 2.67 bits per heavy atom. The largest absolute Gasteiger partial charge is 0.393 e. The Hall–Kier alpha value is -1.34. The molecule has 0 aliphatic heterocycles. The van der Waals surface area contributed by atoms with Gasteiger partial charge in [0.25, 0.3) is 0 Å². The summed E-state index contributed by atoms with van der Waals surface area (Å²) >= 11 is 0. The molecular formula is C21H28O6. The van der Waals surface area contributed by atoms with Gasteiger partial charge in [-0.05, 0) is 49.7 Å². The van der Waals surface area contributed by atoms with Gasteiger partial charge in [-0.3, -0.25) is 9.59 Å². The van der Waals surface area contributed by atoms with Crippen LogP contribution in [0.25, 0.3) is 0 Å². The second kappa shape index (κ2) is 5.83. The van der Waals surface area contributed by atoms with Crippen molar-refractivity contribution >= 4 is 11.6 Å². The predicted octanol–water partition coefficient (Wildman–Crippen LogP) is 0.528. The number of aliphatic hydroxyl groups excluding tert-OH is 3. The van der Waals surface area contributed by atoms with Gasteiger partial charge in [-0.15, -0.1) is 0 Å². The van der Waals surface area contributed by atoms with Gasteiger partial charge in [0.15, 0.2) is 17.2 Å². The van der Waals surface area contributed by atoms with Crippen LogP contribution in [-0.4, -0.2) is 56.4 Å². The van der Waals surface area contributed by atoms with Crippen LogP contribution in [0, 0.1) is 28.6 Å². The number of allylic oxidation sites excluding steroid dienone is 4. The zero-order chi connectivity index (χ0) is 19.8. The van der Waals surface area contributed by atoms with Crippen LogP contribution >= 0.6 is 0 Å². The second-order valence-corrected chi connectivity index (χ2v) is 9.31. The molecule has 3 fully saturated rings. The minimum atomic E-state index is -2.05. The minimum Gasteiger partial charge on any atom is -0.393 e. The predicted molar refractivity (Wildman–Crippen MR) is 96.4 cm³/mol. The van der Waals surface area contributed by atoms with Gasteiger partial charge in [-0.25, -0.2) is 0 Å². The zero-order valence-electron chi connectivity index (χ0n) is 15.8. The van der Waals surface area contributed by atoms with Crippen LogP contribution in [0.3, 0.4) is 0 Å². The number of ketones is 2. The highest BCUT2D eigenvalue weighted by Crippen LogP contribution is 2.67. The van der Waals surface area contributed by atoms with Gasteiger partial charge >= 0.3 is 0 Å². The summed E-state index contributed by atoms with van der Waals surface area (Å²) in [5.74, 6) is -1.09. The van der Waals surface area contributed by atoms with Gasteiger partial charge in [0.2, 0.25) is 0 Å². The topological polar surface area (TPSA) is 115 Å². The molecule has 0 bridgehead atoms. The molecule has 6 heteroatoms. The first kappa shape index (κ1) is 19.0. The summed E-state index contributed by atoms with van der Waals surface area (Å²) in [6.45, 7) is 2.96. The van der Waals surface area contributed by atoms with Gasteiger partial charge in [0, 0.05) is 16.7 Å². The highest BCUT2D eigenvalue weighted by atomic mass is 16.4. The fraction of sp³-hybridized carbons (Fsp3) is 0.714. The summed E-state index contributed by atoms with van der Waals surface area (Å²) in [4.78, 5) is 24.2. The molecule has 4 rings (SSSR count). The van der Waals surface area contributed by atoms with Crippen molar-refractivity contribution in [2.24, 2.45) is 28.6 Å². The maximum atomic E-state index is 12.4. The van der Waals surface area contributed by atoms with Gasteiger partial charge in [0.05, 0.1) is 12.2 Å². The Kier molecular flexibility index (Phi) is 4.10. The molecule has 148 valence electrons. The van der Waals surface area contributed by atoms with Crippen molar-refractivity contribution in [2.75, 3.05) is 6.61 Å². The number of fused-ring (bicyclic) bond motifs is 5. The fourth-order valence-electron chi connectivity index (χ4n) is 6.96. The Bertz CT molecular complexity index is 756. The number of aliphatic hydroxyl groups is 4. The molecule has 0 unspecified atom stereocenters. The van der Waals surface area contributed by atoms with E-state index >= 15 is 0 Å². The summed E-state index contributed by atoms with van der Waals surface area (Å²) in [6.07, 6.45) is 4.97. The molecule has 0 spiro atoms. The van der Waals surface area contributed by atoms with Crippen LogP contribution in [0.1, 0.15) is 39.5 Å². The average Bonchev–Trinajstić information content (AvgIpc) is 2.82. The first-order chi connectivity index (χ1) is 12.6. The average molecular weight is 376 g/mol. The Balaban J connectivity index is 1.78. The molecule has 4 N–H and O–H groups in total. The van der Waals surface area contributed by atoms with E-state index in [1.165, 1.54) is 0 Å². The van der Waals surface area contributed by atoms with E-state index in [0.717, 1.165) is 18.4 Å². The van der Waals surface area contributed by atoms with E-state index in [1.807, 2.05) is 13.0 Å². The number of hydrogen-bond donors (Lipinski definition) is 4. The van der Waals surface area contributed by atoms with Crippen LogP contribution in [0.2, 0.25) is 0 Å². The summed E-state index contributed by atoms with van der Waals surface area (Å²) in [6, 6.07) is 0. The van der Waals surface area contributed by atoms with Gasteiger partial charge in [-0.1, -0.05) is 25.5 Å². The van der Waals surface area contributed by atoms with Crippen molar-refractivity contribution in [1.82, 2.24) is 0 Å². The number of carbonyl (C=O) groups excluding carboxylic acids is 2. The first-order valence-corrected chi connectivity index (χ1v) is 9.76. The molecule has 0 saturated heterocycles. The van der Waals surface area contributed by atoms with E-state index in [9.17, 15) is 30.0 Å². The van der Waals surface area contributed by atoms with E-state index in [4.69, 9.17) is 0 Å². The molecule has 0 aromatic carbocycles. The monoisotopic (exact) mass is 376 g/mol. The summed E-state index contributed by atoms with van der Waals surface area (Å²) in [7, 11) is 0. The van der Waals surface area contributed by atoms with Crippen molar-refractivity contribution in [3.05, 3.63) is 23.8 Å². The Morgan fingerprint density at radius 1 is 1.30 bits per heavy atom. The Labute approximate surface area is 158 Å².